The molecular formula is C14H18N4O. The predicted octanol–water partition coefficient (Wildman–Crippen LogP) is 1.41. The van der Waals surface area contributed by atoms with Gasteiger partial charge in [-0.25, -0.2) is 4.68 Å². The summed E-state index contributed by atoms with van der Waals surface area (Å²) in [6.45, 7) is 6.48. The van der Waals surface area contributed by atoms with Gasteiger partial charge in [-0.1, -0.05) is 22.9 Å². The zero-order valence-corrected chi connectivity index (χ0v) is 11.1. The maximum Gasteiger partial charge on any atom is 0.0971 e. The highest BCUT2D eigenvalue weighted by atomic mass is 16.5. The molecule has 2 aromatic rings. The highest BCUT2D eigenvalue weighted by molar-refractivity contribution is 5.33. The van der Waals surface area contributed by atoms with Crippen molar-refractivity contribution in [3.8, 4) is 5.69 Å². The van der Waals surface area contributed by atoms with Crippen molar-refractivity contribution in [1.29, 1.82) is 0 Å². The van der Waals surface area contributed by atoms with E-state index in [0.29, 0.717) is 0 Å². The van der Waals surface area contributed by atoms with E-state index in [1.54, 1.807) is 0 Å². The van der Waals surface area contributed by atoms with Crippen molar-refractivity contribution < 1.29 is 4.74 Å². The molecule has 0 radical (unpaired) electrons. The van der Waals surface area contributed by atoms with Crippen LogP contribution >= 0.6 is 0 Å². The van der Waals surface area contributed by atoms with Crippen LogP contribution in [0.15, 0.2) is 30.5 Å². The number of ether oxygens (including phenoxy) is 1. The van der Waals surface area contributed by atoms with Crippen LogP contribution in [0.1, 0.15) is 11.3 Å². The molecule has 0 atom stereocenters. The molecule has 0 saturated carbocycles. The van der Waals surface area contributed by atoms with Gasteiger partial charge in [-0.05, 0) is 19.1 Å². The second-order valence-electron chi connectivity index (χ2n) is 4.88. The summed E-state index contributed by atoms with van der Waals surface area (Å²) in [6.07, 6.45) is 2.00. The van der Waals surface area contributed by atoms with Crippen LogP contribution < -0.4 is 0 Å². The van der Waals surface area contributed by atoms with Gasteiger partial charge in [0, 0.05) is 19.6 Å². The van der Waals surface area contributed by atoms with E-state index >= 15 is 0 Å². The molecule has 1 saturated heterocycles. The minimum absolute atomic E-state index is 0.812. The topological polar surface area (TPSA) is 43.2 Å². The summed E-state index contributed by atoms with van der Waals surface area (Å²) in [5, 5.41) is 8.43. The molecule has 5 nitrogen and oxygen atoms in total. The molecule has 1 aromatic carbocycles. The second-order valence-corrected chi connectivity index (χ2v) is 4.88. The van der Waals surface area contributed by atoms with Crippen LogP contribution in [-0.4, -0.2) is 46.2 Å². The van der Waals surface area contributed by atoms with Crippen LogP contribution in [0.3, 0.4) is 0 Å². The van der Waals surface area contributed by atoms with Crippen molar-refractivity contribution >= 4 is 0 Å². The lowest BCUT2D eigenvalue weighted by atomic mass is 10.2. The Labute approximate surface area is 112 Å². The summed E-state index contributed by atoms with van der Waals surface area (Å²) < 4.78 is 7.17. The molecule has 3 rings (SSSR count). The fraction of sp³-hybridized carbons (Fsp3) is 0.429. The summed E-state index contributed by atoms with van der Waals surface area (Å²) in [5.41, 5.74) is 3.30. The van der Waals surface area contributed by atoms with Gasteiger partial charge in [0.2, 0.25) is 0 Å². The molecule has 0 spiro atoms. The average Bonchev–Trinajstić information content (AvgIpc) is 2.89. The van der Waals surface area contributed by atoms with E-state index in [1.165, 1.54) is 5.56 Å². The van der Waals surface area contributed by atoms with Gasteiger partial charge in [0.1, 0.15) is 0 Å². The molecule has 5 heteroatoms. The van der Waals surface area contributed by atoms with Gasteiger partial charge in [-0.2, -0.15) is 0 Å². The summed E-state index contributed by atoms with van der Waals surface area (Å²) in [5.74, 6) is 0. The standard InChI is InChI=1S/C14H18N4O/c1-12-2-4-14(5-3-12)18-11-13(15-16-18)10-17-6-8-19-9-7-17/h2-5,11H,6-10H2,1H3. The maximum atomic E-state index is 5.34. The van der Waals surface area contributed by atoms with E-state index in [1.807, 2.05) is 10.9 Å². The van der Waals surface area contributed by atoms with Crippen molar-refractivity contribution in [2.45, 2.75) is 13.5 Å². The first kappa shape index (κ1) is 12.3. The average molecular weight is 258 g/mol. The van der Waals surface area contributed by atoms with Gasteiger partial charge >= 0.3 is 0 Å². The lowest BCUT2D eigenvalue weighted by Gasteiger charge is -2.25. The van der Waals surface area contributed by atoms with Crippen LogP contribution in [0.5, 0.6) is 0 Å². The Kier molecular flexibility index (Phi) is 3.57. The van der Waals surface area contributed by atoms with Crippen molar-refractivity contribution in [1.82, 2.24) is 19.9 Å². The fourth-order valence-corrected chi connectivity index (χ4v) is 2.18. The van der Waals surface area contributed by atoms with Gasteiger partial charge in [0.05, 0.1) is 30.8 Å². The highest BCUT2D eigenvalue weighted by Gasteiger charge is 2.12. The van der Waals surface area contributed by atoms with Crippen molar-refractivity contribution in [2.24, 2.45) is 0 Å². The van der Waals surface area contributed by atoms with Crippen LogP contribution in [-0.2, 0) is 11.3 Å². The minimum atomic E-state index is 0.812. The Morgan fingerprint density at radius 2 is 1.89 bits per heavy atom. The third-order valence-electron chi connectivity index (χ3n) is 3.33. The molecule has 0 N–H and O–H groups in total. The van der Waals surface area contributed by atoms with E-state index in [9.17, 15) is 0 Å². The number of aromatic nitrogens is 3. The lowest BCUT2D eigenvalue weighted by molar-refractivity contribution is 0.0336. The summed E-state index contributed by atoms with van der Waals surface area (Å²) in [7, 11) is 0. The number of hydrogen-bond acceptors (Lipinski definition) is 4. The smallest absolute Gasteiger partial charge is 0.0971 e. The van der Waals surface area contributed by atoms with Gasteiger partial charge < -0.3 is 4.74 Å². The van der Waals surface area contributed by atoms with Gasteiger partial charge in [0.15, 0.2) is 0 Å². The van der Waals surface area contributed by atoms with Crippen LogP contribution in [0.25, 0.3) is 5.69 Å². The van der Waals surface area contributed by atoms with Gasteiger partial charge in [0.25, 0.3) is 0 Å². The van der Waals surface area contributed by atoms with Crippen LogP contribution in [0.4, 0.5) is 0 Å². The maximum absolute atomic E-state index is 5.34. The summed E-state index contributed by atoms with van der Waals surface area (Å²) in [6, 6.07) is 8.28. The first-order valence-electron chi connectivity index (χ1n) is 6.60. The normalized spacial score (nSPS) is 16.7. The number of morpholine rings is 1. The quantitative estimate of drug-likeness (QED) is 0.835. The number of rotatable bonds is 3. The van der Waals surface area contributed by atoms with E-state index < -0.39 is 0 Å². The van der Waals surface area contributed by atoms with E-state index in [4.69, 9.17) is 4.74 Å². The molecule has 19 heavy (non-hydrogen) atoms. The predicted molar refractivity (Wildman–Crippen MR) is 72.2 cm³/mol. The monoisotopic (exact) mass is 258 g/mol. The fourth-order valence-electron chi connectivity index (χ4n) is 2.18. The lowest BCUT2D eigenvalue weighted by Crippen LogP contribution is -2.35. The SMILES string of the molecule is Cc1ccc(-n2cc(CN3CCOCC3)nn2)cc1. The molecule has 2 heterocycles. The molecule has 0 bridgehead atoms. The van der Waals surface area contributed by atoms with Crippen molar-refractivity contribution in [3.63, 3.8) is 0 Å². The van der Waals surface area contributed by atoms with E-state index in [0.717, 1.165) is 44.2 Å². The van der Waals surface area contributed by atoms with E-state index in [2.05, 4.69) is 46.4 Å². The van der Waals surface area contributed by atoms with E-state index in [-0.39, 0.29) is 0 Å². The molecule has 1 fully saturated rings. The molecule has 1 aliphatic heterocycles. The zero-order chi connectivity index (χ0) is 13.1. The third-order valence-corrected chi connectivity index (χ3v) is 3.33. The molecule has 0 amide bonds. The molecular weight excluding hydrogens is 240 g/mol. The van der Waals surface area contributed by atoms with Gasteiger partial charge in [-0.15, -0.1) is 5.10 Å². The van der Waals surface area contributed by atoms with Crippen molar-refractivity contribution in [2.75, 3.05) is 26.3 Å². The summed E-state index contributed by atoms with van der Waals surface area (Å²) in [4.78, 5) is 2.34. The number of nitrogens with zero attached hydrogens (tertiary/aromatic N) is 4. The van der Waals surface area contributed by atoms with Crippen LogP contribution in [0.2, 0.25) is 0 Å². The Balaban J connectivity index is 1.70. The molecule has 0 unspecified atom stereocenters. The number of benzene rings is 1. The van der Waals surface area contributed by atoms with Crippen molar-refractivity contribution in [3.05, 3.63) is 41.7 Å². The highest BCUT2D eigenvalue weighted by Crippen LogP contribution is 2.10. The molecule has 100 valence electrons. The molecule has 1 aromatic heterocycles. The first-order valence-corrected chi connectivity index (χ1v) is 6.60. The largest absolute Gasteiger partial charge is 0.379 e. The Morgan fingerprint density at radius 3 is 2.63 bits per heavy atom. The molecule has 0 aliphatic carbocycles. The number of hydrogen-bond donors (Lipinski definition) is 0. The third kappa shape index (κ3) is 3.00. The molecule has 1 aliphatic rings. The van der Waals surface area contributed by atoms with Crippen LogP contribution in [0, 0.1) is 6.92 Å². The Morgan fingerprint density at radius 1 is 1.16 bits per heavy atom. The zero-order valence-electron chi connectivity index (χ0n) is 11.1. The second kappa shape index (κ2) is 5.50. The number of aryl methyl sites for hydroxylation is 1. The Bertz CT molecular complexity index is 529. The Hall–Kier alpha value is -1.72. The van der Waals surface area contributed by atoms with Gasteiger partial charge in [-0.3, -0.25) is 4.90 Å². The first-order chi connectivity index (χ1) is 9.31. The summed E-state index contributed by atoms with van der Waals surface area (Å²) >= 11 is 0. The minimum Gasteiger partial charge on any atom is -0.379 e.